The van der Waals surface area contributed by atoms with E-state index >= 15 is 0 Å². The summed E-state index contributed by atoms with van der Waals surface area (Å²) in [5.41, 5.74) is 1.06. The van der Waals surface area contributed by atoms with E-state index in [4.69, 9.17) is 10.00 Å². The number of nitriles is 1. The standard InChI is InChI=1S/C13H16FNO2/c1-8-6-11(4-5-12(8)14)13(7-15)17-10(3)9(2)16/h4-6,9-10,13,16H,1-3H3. The summed E-state index contributed by atoms with van der Waals surface area (Å²) in [5, 5.41) is 18.3. The number of aryl methyl sites for hydroxylation is 1. The lowest BCUT2D eigenvalue weighted by molar-refractivity contribution is -0.0426. The Morgan fingerprint density at radius 3 is 2.53 bits per heavy atom. The first kappa shape index (κ1) is 13.6. The van der Waals surface area contributed by atoms with Crippen LogP contribution in [0.5, 0.6) is 0 Å². The van der Waals surface area contributed by atoms with Crippen LogP contribution in [0.25, 0.3) is 0 Å². The molecule has 0 heterocycles. The summed E-state index contributed by atoms with van der Waals surface area (Å²) in [6, 6.07) is 6.41. The number of benzene rings is 1. The molecule has 3 unspecified atom stereocenters. The minimum atomic E-state index is -0.793. The predicted octanol–water partition coefficient (Wildman–Crippen LogP) is 2.48. The van der Waals surface area contributed by atoms with E-state index in [1.165, 1.54) is 12.1 Å². The van der Waals surface area contributed by atoms with E-state index in [2.05, 4.69) is 0 Å². The molecule has 0 fully saturated rings. The van der Waals surface area contributed by atoms with Crippen LogP contribution in [0.2, 0.25) is 0 Å². The number of rotatable bonds is 4. The van der Waals surface area contributed by atoms with E-state index in [0.29, 0.717) is 11.1 Å². The molecule has 0 aliphatic heterocycles. The fraction of sp³-hybridized carbons (Fsp3) is 0.462. The first-order valence-electron chi connectivity index (χ1n) is 5.45. The average Bonchev–Trinajstić information content (AvgIpc) is 2.29. The molecule has 3 nitrogen and oxygen atoms in total. The second-order valence-corrected chi connectivity index (χ2v) is 4.10. The van der Waals surface area contributed by atoms with E-state index in [1.54, 1.807) is 26.8 Å². The lowest BCUT2D eigenvalue weighted by Crippen LogP contribution is -2.24. The summed E-state index contributed by atoms with van der Waals surface area (Å²) in [4.78, 5) is 0. The van der Waals surface area contributed by atoms with Crippen molar-refractivity contribution in [3.05, 3.63) is 35.1 Å². The van der Waals surface area contributed by atoms with Crippen LogP contribution in [0.15, 0.2) is 18.2 Å². The van der Waals surface area contributed by atoms with Gasteiger partial charge in [0.05, 0.1) is 18.3 Å². The maximum absolute atomic E-state index is 13.1. The Balaban J connectivity index is 2.87. The predicted molar refractivity (Wildman–Crippen MR) is 61.7 cm³/mol. The summed E-state index contributed by atoms with van der Waals surface area (Å²) in [6.45, 7) is 4.91. The molecule has 1 N–H and O–H groups in total. The highest BCUT2D eigenvalue weighted by Gasteiger charge is 2.18. The fourth-order valence-corrected chi connectivity index (χ4v) is 1.34. The van der Waals surface area contributed by atoms with Gasteiger partial charge in [-0.3, -0.25) is 0 Å². The zero-order valence-corrected chi connectivity index (χ0v) is 10.1. The summed E-state index contributed by atoms with van der Waals surface area (Å²) in [6.07, 6.45) is -1.91. The molecule has 1 aromatic rings. The summed E-state index contributed by atoms with van der Waals surface area (Å²) in [5.74, 6) is -0.311. The Bertz CT molecular complexity index is 426. The van der Waals surface area contributed by atoms with E-state index in [1.807, 2.05) is 6.07 Å². The lowest BCUT2D eigenvalue weighted by atomic mass is 10.1. The van der Waals surface area contributed by atoms with Gasteiger partial charge in [0.15, 0.2) is 6.10 Å². The Morgan fingerprint density at radius 1 is 1.41 bits per heavy atom. The van der Waals surface area contributed by atoms with Gasteiger partial charge in [0, 0.05) is 0 Å². The van der Waals surface area contributed by atoms with Crippen LogP contribution in [0.4, 0.5) is 4.39 Å². The zero-order chi connectivity index (χ0) is 13.0. The summed E-state index contributed by atoms with van der Waals surface area (Å²) in [7, 11) is 0. The molecule has 0 amide bonds. The van der Waals surface area contributed by atoms with E-state index in [9.17, 15) is 9.50 Å². The number of aliphatic hydroxyl groups excluding tert-OH is 1. The number of hydrogen-bond donors (Lipinski definition) is 1. The third kappa shape index (κ3) is 3.52. The van der Waals surface area contributed by atoms with Gasteiger partial charge in [0.2, 0.25) is 0 Å². The van der Waals surface area contributed by atoms with Crippen molar-refractivity contribution in [2.75, 3.05) is 0 Å². The van der Waals surface area contributed by atoms with Crippen molar-refractivity contribution in [3.63, 3.8) is 0 Å². The molecule has 4 heteroatoms. The molecular formula is C13H16FNO2. The highest BCUT2D eigenvalue weighted by atomic mass is 19.1. The first-order valence-corrected chi connectivity index (χ1v) is 5.45. The second-order valence-electron chi connectivity index (χ2n) is 4.10. The summed E-state index contributed by atoms with van der Waals surface area (Å²) < 4.78 is 18.5. The van der Waals surface area contributed by atoms with Crippen LogP contribution < -0.4 is 0 Å². The van der Waals surface area contributed by atoms with Gasteiger partial charge in [-0.15, -0.1) is 0 Å². The topological polar surface area (TPSA) is 53.2 Å². The largest absolute Gasteiger partial charge is 0.391 e. The molecule has 0 spiro atoms. The Hall–Kier alpha value is -1.44. The van der Waals surface area contributed by atoms with Crippen molar-refractivity contribution in [2.24, 2.45) is 0 Å². The van der Waals surface area contributed by atoms with Crippen molar-refractivity contribution in [2.45, 2.75) is 39.1 Å². The highest BCUT2D eigenvalue weighted by Crippen LogP contribution is 2.21. The van der Waals surface area contributed by atoms with Gasteiger partial charge in [-0.25, -0.2) is 4.39 Å². The molecule has 0 radical (unpaired) electrons. The molecule has 3 atom stereocenters. The molecular weight excluding hydrogens is 221 g/mol. The third-order valence-corrected chi connectivity index (χ3v) is 2.63. The SMILES string of the molecule is Cc1cc(C(C#N)OC(C)C(C)O)ccc1F. The molecule has 0 saturated heterocycles. The van der Waals surface area contributed by atoms with Crippen LogP contribution >= 0.6 is 0 Å². The third-order valence-electron chi connectivity index (χ3n) is 2.63. The van der Waals surface area contributed by atoms with Crippen molar-refractivity contribution in [1.82, 2.24) is 0 Å². The lowest BCUT2D eigenvalue weighted by Gasteiger charge is -2.20. The molecule has 0 aromatic heterocycles. The van der Waals surface area contributed by atoms with Crippen LogP contribution in [-0.2, 0) is 4.74 Å². The quantitative estimate of drug-likeness (QED) is 0.875. The van der Waals surface area contributed by atoms with Gasteiger partial charge in [-0.05, 0) is 44.0 Å². The van der Waals surface area contributed by atoms with Gasteiger partial charge in [0.25, 0.3) is 0 Å². The number of nitrogens with zero attached hydrogens (tertiary/aromatic N) is 1. The highest BCUT2D eigenvalue weighted by molar-refractivity contribution is 5.28. The Morgan fingerprint density at radius 2 is 2.06 bits per heavy atom. The molecule has 0 aliphatic carbocycles. The van der Waals surface area contributed by atoms with Gasteiger partial charge in [-0.1, -0.05) is 6.07 Å². The van der Waals surface area contributed by atoms with Crippen LogP contribution in [-0.4, -0.2) is 17.3 Å². The van der Waals surface area contributed by atoms with Crippen LogP contribution in [0, 0.1) is 24.1 Å². The normalized spacial score (nSPS) is 16.0. The van der Waals surface area contributed by atoms with Gasteiger partial charge >= 0.3 is 0 Å². The van der Waals surface area contributed by atoms with E-state index < -0.39 is 18.3 Å². The van der Waals surface area contributed by atoms with E-state index in [0.717, 1.165) is 0 Å². The van der Waals surface area contributed by atoms with Crippen LogP contribution in [0.1, 0.15) is 31.1 Å². The minimum absolute atomic E-state index is 0.311. The fourth-order valence-electron chi connectivity index (χ4n) is 1.34. The van der Waals surface area contributed by atoms with Gasteiger partial charge in [0.1, 0.15) is 5.82 Å². The zero-order valence-electron chi connectivity index (χ0n) is 10.1. The van der Waals surface area contributed by atoms with E-state index in [-0.39, 0.29) is 5.82 Å². The maximum Gasteiger partial charge on any atom is 0.169 e. The van der Waals surface area contributed by atoms with Crippen molar-refractivity contribution < 1.29 is 14.2 Å². The molecule has 0 aliphatic rings. The smallest absolute Gasteiger partial charge is 0.169 e. The minimum Gasteiger partial charge on any atom is -0.391 e. The number of halogens is 1. The molecule has 92 valence electrons. The monoisotopic (exact) mass is 237 g/mol. The molecule has 0 saturated carbocycles. The van der Waals surface area contributed by atoms with Crippen molar-refractivity contribution in [3.8, 4) is 6.07 Å². The molecule has 0 bridgehead atoms. The second kappa shape index (κ2) is 5.76. The molecule has 1 rings (SSSR count). The maximum atomic E-state index is 13.1. The molecule has 17 heavy (non-hydrogen) atoms. The number of aliphatic hydroxyl groups is 1. The number of hydrogen-bond acceptors (Lipinski definition) is 3. The number of ether oxygens (including phenoxy) is 1. The van der Waals surface area contributed by atoms with Crippen molar-refractivity contribution >= 4 is 0 Å². The molecule has 1 aromatic carbocycles. The average molecular weight is 237 g/mol. The summed E-state index contributed by atoms with van der Waals surface area (Å²) >= 11 is 0. The first-order chi connectivity index (χ1) is 7.95. The Labute approximate surface area is 100 Å². The van der Waals surface area contributed by atoms with Gasteiger partial charge in [-0.2, -0.15) is 5.26 Å². The van der Waals surface area contributed by atoms with Crippen LogP contribution in [0.3, 0.4) is 0 Å². The van der Waals surface area contributed by atoms with Crippen molar-refractivity contribution in [1.29, 1.82) is 5.26 Å². The Kier molecular flexibility index (Phi) is 4.62. The van der Waals surface area contributed by atoms with Gasteiger partial charge < -0.3 is 9.84 Å².